The zero-order chi connectivity index (χ0) is 5.82. The van der Waals surface area contributed by atoms with Gasteiger partial charge in [0, 0.05) is 21.1 Å². The second-order valence-corrected chi connectivity index (χ2v) is 1.61. The normalized spacial score (nSPS) is 6.18. The van der Waals surface area contributed by atoms with Gasteiger partial charge in [-0.1, -0.05) is 43.0 Å². The fraction of sp³-hybridized carbons (Fsp3) is 0. The molecule has 0 aliphatic rings. The summed E-state index contributed by atoms with van der Waals surface area (Å²) in [5.74, 6) is 0. The van der Waals surface area contributed by atoms with Crippen molar-refractivity contribution in [2.24, 2.45) is 0 Å². The van der Waals surface area contributed by atoms with Gasteiger partial charge in [-0.15, -0.1) is 0 Å². The Morgan fingerprint density at radius 2 is 1.55 bits per heavy atom. The Balaban J connectivity index is -0.000000213. The largest absolute Gasteiger partial charge is 0.358 e. The molecular formula is C9H14PW-. The van der Waals surface area contributed by atoms with Crippen molar-refractivity contribution >= 4 is 16.0 Å². The molecule has 0 radical (unpaired) electrons. The quantitative estimate of drug-likeness (QED) is 0.546. The molecule has 0 bridgehead atoms. The Hall–Kier alpha value is 0.0783. The maximum absolute atomic E-state index is 3.63. The van der Waals surface area contributed by atoms with Gasteiger partial charge in [0.15, 0.2) is 0 Å². The van der Waals surface area contributed by atoms with Crippen LogP contribution in [0.1, 0.15) is 5.56 Å². The molecule has 0 nitrogen and oxygen atoms in total. The number of benzene rings is 1. The molecule has 0 heterocycles. The molecule has 0 amide bonds. The predicted octanol–water partition coefficient (Wildman–Crippen LogP) is 2.84. The average Bonchev–Trinajstić information content (AvgIpc) is 1.90. The van der Waals surface area contributed by atoms with Gasteiger partial charge in [0.05, 0.1) is 0 Å². The first-order chi connectivity index (χ1) is 3.93. The van der Waals surface area contributed by atoms with Gasteiger partial charge in [0.2, 0.25) is 0 Å². The standard InChI is InChI=1S/C8H8.CH3.H3P.W/c1-2-8-6-4-3-5-7-8;;;/h2-7H,1H2;2*1H3;/q;-1;;. The van der Waals surface area contributed by atoms with Crippen LogP contribution >= 0.6 is 9.90 Å². The molecule has 2 heteroatoms. The molecule has 1 aromatic carbocycles. The van der Waals surface area contributed by atoms with Crippen LogP contribution in [0.25, 0.3) is 6.08 Å². The first kappa shape index (κ1) is 17.2. The number of hydrogen-bond acceptors (Lipinski definition) is 0. The molecule has 0 aliphatic carbocycles. The summed E-state index contributed by atoms with van der Waals surface area (Å²) in [6.07, 6.45) is 1.83. The molecule has 11 heavy (non-hydrogen) atoms. The van der Waals surface area contributed by atoms with Crippen LogP contribution in [-0.2, 0) is 21.1 Å². The third-order valence-corrected chi connectivity index (χ3v) is 1.04. The van der Waals surface area contributed by atoms with E-state index in [9.17, 15) is 0 Å². The molecule has 0 aliphatic heterocycles. The maximum atomic E-state index is 3.63. The molecule has 1 aromatic rings. The van der Waals surface area contributed by atoms with E-state index in [2.05, 4.69) is 6.58 Å². The van der Waals surface area contributed by atoms with Crippen LogP contribution in [0.3, 0.4) is 0 Å². The van der Waals surface area contributed by atoms with E-state index in [0.717, 1.165) is 0 Å². The molecule has 0 fully saturated rings. The zero-order valence-electron chi connectivity index (χ0n) is 6.79. The molecule has 0 aromatic heterocycles. The second kappa shape index (κ2) is 10.1. The summed E-state index contributed by atoms with van der Waals surface area (Å²) in [7, 11) is 0. The van der Waals surface area contributed by atoms with Crippen molar-refractivity contribution in [2.45, 2.75) is 0 Å². The fourth-order valence-electron chi connectivity index (χ4n) is 0.589. The molecular weight excluding hydrogens is 323 g/mol. The topological polar surface area (TPSA) is 0 Å². The molecule has 0 N–H and O–H groups in total. The Bertz CT molecular complexity index is 172. The van der Waals surface area contributed by atoms with Crippen molar-refractivity contribution in [2.75, 3.05) is 0 Å². The Labute approximate surface area is 87.0 Å². The van der Waals surface area contributed by atoms with Gasteiger partial charge in [0.1, 0.15) is 0 Å². The summed E-state index contributed by atoms with van der Waals surface area (Å²) in [5.41, 5.74) is 1.17. The Morgan fingerprint density at radius 3 is 1.82 bits per heavy atom. The van der Waals surface area contributed by atoms with Crippen LogP contribution in [0.15, 0.2) is 36.9 Å². The molecule has 1 atom stereocenters. The molecule has 0 saturated carbocycles. The van der Waals surface area contributed by atoms with Crippen LogP contribution in [-0.4, -0.2) is 0 Å². The van der Waals surface area contributed by atoms with E-state index in [0.29, 0.717) is 0 Å². The Morgan fingerprint density at radius 1 is 1.09 bits per heavy atom. The van der Waals surface area contributed by atoms with Crippen LogP contribution in [0.2, 0.25) is 0 Å². The van der Waals surface area contributed by atoms with Crippen LogP contribution in [0.4, 0.5) is 0 Å². The van der Waals surface area contributed by atoms with Crippen LogP contribution in [0.5, 0.6) is 0 Å². The van der Waals surface area contributed by atoms with E-state index in [4.69, 9.17) is 0 Å². The van der Waals surface area contributed by atoms with Crippen LogP contribution in [0, 0.1) is 7.43 Å². The molecule has 0 spiro atoms. The predicted molar refractivity (Wildman–Crippen MR) is 54.1 cm³/mol. The fourth-order valence-corrected chi connectivity index (χ4v) is 0.589. The summed E-state index contributed by atoms with van der Waals surface area (Å²) in [4.78, 5) is 0. The summed E-state index contributed by atoms with van der Waals surface area (Å²) >= 11 is 0. The third-order valence-electron chi connectivity index (χ3n) is 1.04. The summed E-state index contributed by atoms with van der Waals surface area (Å²) in [5, 5.41) is 0. The van der Waals surface area contributed by atoms with Gasteiger partial charge < -0.3 is 7.43 Å². The first-order valence-electron chi connectivity index (χ1n) is 2.61. The zero-order valence-corrected chi connectivity index (χ0v) is 11.1. The van der Waals surface area contributed by atoms with Gasteiger partial charge >= 0.3 is 0 Å². The molecule has 1 unspecified atom stereocenters. The van der Waals surface area contributed by atoms with Crippen molar-refractivity contribution in [3.8, 4) is 0 Å². The SMILES string of the molecule is C=Cc1ccccc1.P.[CH3-].[W]. The van der Waals surface area contributed by atoms with E-state index in [1.165, 1.54) is 5.56 Å². The number of rotatable bonds is 1. The third kappa shape index (κ3) is 6.48. The monoisotopic (exact) mass is 337 g/mol. The second-order valence-electron chi connectivity index (χ2n) is 1.61. The van der Waals surface area contributed by atoms with E-state index >= 15 is 0 Å². The minimum absolute atomic E-state index is 0. The van der Waals surface area contributed by atoms with Crippen molar-refractivity contribution in [3.63, 3.8) is 0 Å². The first-order valence-corrected chi connectivity index (χ1v) is 2.61. The Kier molecular flexibility index (Phi) is 15.8. The minimum atomic E-state index is 0. The molecule has 0 saturated heterocycles. The van der Waals surface area contributed by atoms with Gasteiger partial charge in [-0.25, -0.2) is 0 Å². The van der Waals surface area contributed by atoms with Gasteiger partial charge in [-0.05, 0) is 5.56 Å². The van der Waals surface area contributed by atoms with Crippen LogP contribution < -0.4 is 0 Å². The summed E-state index contributed by atoms with van der Waals surface area (Å²) < 4.78 is 0. The van der Waals surface area contributed by atoms with E-state index in [1.54, 1.807) is 0 Å². The molecule has 62 valence electrons. The van der Waals surface area contributed by atoms with Gasteiger partial charge in [0.25, 0.3) is 0 Å². The van der Waals surface area contributed by atoms with E-state index in [-0.39, 0.29) is 38.4 Å². The van der Waals surface area contributed by atoms with Crippen molar-refractivity contribution < 1.29 is 21.1 Å². The van der Waals surface area contributed by atoms with Crippen molar-refractivity contribution in [3.05, 3.63) is 49.9 Å². The van der Waals surface area contributed by atoms with Gasteiger partial charge in [-0.2, -0.15) is 9.90 Å². The summed E-state index contributed by atoms with van der Waals surface area (Å²) in [6.45, 7) is 3.63. The number of hydrogen-bond donors (Lipinski definition) is 0. The van der Waals surface area contributed by atoms with Crippen molar-refractivity contribution in [1.82, 2.24) is 0 Å². The van der Waals surface area contributed by atoms with Crippen molar-refractivity contribution in [1.29, 1.82) is 0 Å². The average molecular weight is 337 g/mol. The van der Waals surface area contributed by atoms with E-state index in [1.807, 2.05) is 36.4 Å². The van der Waals surface area contributed by atoms with Gasteiger partial charge in [-0.3, -0.25) is 0 Å². The smallest absolute Gasteiger partial charge is 0 e. The maximum Gasteiger partial charge on any atom is 0 e. The molecule has 1 rings (SSSR count). The minimum Gasteiger partial charge on any atom is -0.358 e. The summed E-state index contributed by atoms with van der Waals surface area (Å²) in [6, 6.07) is 10.0. The van der Waals surface area contributed by atoms with E-state index < -0.39 is 0 Å².